The van der Waals surface area contributed by atoms with Crippen molar-refractivity contribution >= 4 is 5.91 Å². The summed E-state index contributed by atoms with van der Waals surface area (Å²) in [4.78, 5) is 12.2. The minimum Gasteiger partial charge on any atom is -0.391 e. The highest BCUT2D eigenvalue weighted by Gasteiger charge is 2.27. The second-order valence-corrected chi connectivity index (χ2v) is 5.51. The molecule has 1 aromatic heterocycles. The SMILES string of the molecule is Cc1cc(C)n(C(C)C(=O)NC2CCCCC2O)n1. The van der Waals surface area contributed by atoms with Crippen LogP contribution in [0.2, 0.25) is 0 Å². The molecule has 1 heterocycles. The van der Waals surface area contributed by atoms with Crippen LogP contribution in [0.5, 0.6) is 0 Å². The van der Waals surface area contributed by atoms with Gasteiger partial charge in [-0.2, -0.15) is 5.10 Å². The highest BCUT2D eigenvalue weighted by atomic mass is 16.3. The molecule has 0 spiro atoms. The van der Waals surface area contributed by atoms with Crippen LogP contribution in [-0.4, -0.2) is 32.9 Å². The fourth-order valence-electron chi connectivity index (χ4n) is 2.73. The lowest BCUT2D eigenvalue weighted by molar-refractivity contribution is -0.126. The average Bonchev–Trinajstić information content (AvgIpc) is 2.70. The third kappa shape index (κ3) is 3.15. The molecular weight excluding hydrogens is 242 g/mol. The predicted molar refractivity (Wildman–Crippen MR) is 72.8 cm³/mol. The normalized spacial score (nSPS) is 25.1. The number of aliphatic hydroxyl groups excluding tert-OH is 1. The summed E-state index contributed by atoms with van der Waals surface area (Å²) in [6.45, 7) is 5.70. The maximum atomic E-state index is 12.2. The Balaban J connectivity index is 2.01. The molecule has 5 nitrogen and oxygen atoms in total. The zero-order chi connectivity index (χ0) is 14.0. The molecule has 0 aliphatic heterocycles. The van der Waals surface area contributed by atoms with Crippen molar-refractivity contribution in [2.45, 2.75) is 64.6 Å². The predicted octanol–water partition coefficient (Wildman–Crippen LogP) is 1.48. The Morgan fingerprint density at radius 1 is 1.47 bits per heavy atom. The van der Waals surface area contributed by atoms with E-state index >= 15 is 0 Å². The van der Waals surface area contributed by atoms with Crippen molar-refractivity contribution in [3.05, 3.63) is 17.5 Å². The maximum Gasteiger partial charge on any atom is 0.244 e. The number of aryl methyl sites for hydroxylation is 2. The quantitative estimate of drug-likeness (QED) is 0.870. The van der Waals surface area contributed by atoms with E-state index in [4.69, 9.17) is 0 Å². The molecule has 0 bridgehead atoms. The second kappa shape index (κ2) is 5.74. The van der Waals surface area contributed by atoms with E-state index < -0.39 is 6.10 Å². The van der Waals surface area contributed by atoms with Gasteiger partial charge in [0.1, 0.15) is 6.04 Å². The minimum atomic E-state index is -0.412. The van der Waals surface area contributed by atoms with E-state index in [1.807, 2.05) is 26.8 Å². The van der Waals surface area contributed by atoms with Crippen molar-refractivity contribution < 1.29 is 9.90 Å². The van der Waals surface area contributed by atoms with Crippen LogP contribution in [0.1, 0.15) is 50.0 Å². The van der Waals surface area contributed by atoms with Crippen LogP contribution in [0, 0.1) is 13.8 Å². The van der Waals surface area contributed by atoms with E-state index in [1.165, 1.54) is 0 Å². The van der Waals surface area contributed by atoms with Crippen LogP contribution in [0.3, 0.4) is 0 Å². The van der Waals surface area contributed by atoms with Gasteiger partial charge in [0.15, 0.2) is 0 Å². The molecule has 1 amide bonds. The fourth-order valence-corrected chi connectivity index (χ4v) is 2.73. The summed E-state index contributed by atoms with van der Waals surface area (Å²) in [5.41, 5.74) is 1.89. The molecule has 0 saturated heterocycles. The van der Waals surface area contributed by atoms with Crippen molar-refractivity contribution in [1.82, 2.24) is 15.1 Å². The number of hydrogen-bond acceptors (Lipinski definition) is 3. The van der Waals surface area contributed by atoms with Gasteiger partial charge in [-0.15, -0.1) is 0 Å². The van der Waals surface area contributed by atoms with E-state index in [1.54, 1.807) is 4.68 Å². The van der Waals surface area contributed by atoms with Crippen LogP contribution in [0.25, 0.3) is 0 Å². The topological polar surface area (TPSA) is 67.2 Å². The zero-order valence-electron chi connectivity index (χ0n) is 11.9. The number of amides is 1. The van der Waals surface area contributed by atoms with E-state index in [9.17, 15) is 9.90 Å². The molecule has 1 fully saturated rings. The largest absolute Gasteiger partial charge is 0.391 e. The highest BCUT2D eigenvalue weighted by molar-refractivity contribution is 5.80. The number of nitrogens with zero attached hydrogens (tertiary/aromatic N) is 2. The van der Waals surface area contributed by atoms with Crippen molar-refractivity contribution in [1.29, 1.82) is 0 Å². The number of hydrogen-bond donors (Lipinski definition) is 2. The lowest BCUT2D eigenvalue weighted by Crippen LogP contribution is -2.47. The Morgan fingerprint density at radius 3 is 2.74 bits per heavy atom. The fraction of sp³-hybridized carbons (Fsp3) is 0.714. The Morgan fingerprint density at radius 2 is 2.16 bits per heavy atom. The first-order valence-electron chi connectivity index (χ1n) is 7.00. The molecule has 1 saturated carbocycles. The van der Waals surface area contributed by atoms with Gasteiger partial charge in [0.05, 0.1) is 17.8 Å². The molecule has 19 heavy (non-hydrogen) atoms. The third-order valence-corrected chi connectivity index (χ3v) is 3.85. The number of aliphatic hydroxyl groups is 1. The molecule has 1 aliphatic rings. The molecule has 0 radical (unpaired) electrons. The smallest absolute Gasteiger partial charge is 0.244 e. The number of carbonyl (C=O) groups excluding carboxylic acids is 1. The van der Waals surface area contributed by atoms with Gasteiger partial charge in [-0.05, 0) is 39.7 Å². The molecule has 3 unspecified atom stereocenters. The van der Waals surface area contributed by atoms with Gasteiger partial charge in [0.25, 0.3) is 0 Å². The lowest BCUT2D eigenvalue weighted by atomic mass is 9.92. The van der Waals surface area contributed by atoms with Crippen molar-refractivity contribution in [2.75, 3.05) is 0 Å². The zero-order valence-corrected chi connectivity index (χ0v) is 11.9. The molecule has 2 N–H and O–H groups in total. The van der Waals surface area contributed by atoms with Crippen molar-refractivity contribution in [3.8, 4) is 0 Å². The van der Waals surface area contributed by atoms with Gasteiger partial charge in [0.2, 0.25) is 5.91 Å². The average molecular weight is 265 g/mol. The van der Waals surface area contributed by atoms with E-state index in [0.717, 1.165) is 37.1 Å². The molecular formula is C14H23N3O2. The summed E-state index contributed by atoms with van der Waals surface area (Å²) in [5, 5.41) is 17.2. The minimum absolute atomic E-state index is 0.0721. The van der Waals surface area contributed by atoms with Crippen molar-refractivity contribution in [2.24, 2.45) is 0 Å². The van der Waals surface area contributed by atoms with Crippen LogP contribution in [0.4, 0.5) is 0 Å². The summed E-state index contributed by atoms with van der Waals surface area (Å²) in [6.07, 6.45) is 3.33. The third-order valence-electron chi connectivity index (χ3n) is 3.85. The van der Waals surface area contributed by atoms with E-state index in [0.29, 0.717) is 0 Å². The summed E-state index contributed by atoms with van der Waals surface area (Å²) in [6, 6.07) is 1.50. The number of rotatable bonds is 3. The number of aromatic nitrogens is 2. The first-order chi connectivity index (χ1) is 8.99. The first-order valence-corrected chi connectivity index (χ1v) is 7.00. The second-order valence-electron chi connectivity index (χ2n) is 5.51. The van der Waals surface area contributed by atoms with Gasteiger partial charge in [-0.3, -0.25) is 9.48 Å². The van der Waals surface area contributed by atoms with Gasteiger partial charge < -0.3 is 10.4 Å². The molecule has 5 heteroatoms. The maximum absolute atomic E-state index is 12.2. The molecule has 106 valence electrons. The Bertz CT molecular complexity index is 456. The summed E-state index contributed by atoms with van der Waals surface area (Å²) in [7, 11) is 0. The number of carbonyl (C=O) groups is 1. The Labute approximate surface area is 114 Å². The van der Waals surface area contributed by atoms with Crippen LogP contribution >= 0.6 is 0 Å². The standard InChI is InChI=1S/C14H23N3O2/c1-9-8-10(2)17(16-9)11(3)14(19)15-12-6-4-5-7-13(12)18/h8,11-13,18H,4-7H2,1-3H3,(H,15,19). The molecule has 0 aromatic carbocycles. The number of nitrogens with one attached hydrogen (secondary N) is 1. The lowest BCUT2D eigenvalue weighted by Gasteiger charge is -2.29. The molecule has 3 atom stereocenters. The first kappa shape index (κ1) is 14.1. The monoisotopic (exact) mass is 265 g/mol. The van der Waals surface area contributed by atoms with Crippen molar-refractivity contribution in [3.63, 3.8) is 0 Å². The van der Waals surface area contributed by atoms with Crippen LogP contribution in [0.15, 0.2) is 6.07 Å². The highest BCUT2D eigenvalue weighted by Crippen LogP contribution is 2.19. The van der Waals surface area contributed by atoms with Gasteiger partial charge >= 0.3 is 0 Å². The molecule has 1 aromatic rings. The molecule has 1 aliphatic carbocycles. The van der Waals surface area contributed by atoms with E-state index in [2.05, 4.69) is 10.4 Å². The van der Waals surface area contributed by atoms with Crippen LogP contribution in [-0.2, 0) is 4.79 Å². The summed E-state index contributed by atoms with van der Waals surface area (Å²) < 4.78 is 1.74. The summed E-state index contributed by atoms with van der Waals surface area (Å²) >= 11 is 0. The van der Waals surface area contributed by atoms with Gasteiger partial charge in [-0.25, -0.2) is 0 Å². The van der Waals surface area contributed by atoms with Crippen LogP contribution < -0.4 is 5.32 Å². The summed E-state index contributed by atoms with van der Waals surface area (Å²) in [5.74, 6) is -0.0721. The Hall–Kier alpha value is -1.36. The van der Waals surface area contributed by atoms with Gasteiger partial charge in [-0.1, -0.05) is 12.8 Å². The Kier molecular flexibility index (Phi) is 4.24. The van der Waals surface area contributed by atoms with Gasteiger partial charge in [0, 0.05) is 5.69 Å². The van der Waals surface area contributed by atoms with E-state index in [-0.39, 0.29) is 18.0 Å². The molecule has 2 rings (SSSR count).